The average Bonchev–Trinajstić information content (AvgIpc) is 2.50. The van der Waals surface area contributed by atoms with E-state index in [-0.39, 0.29) is 5.54 Å². The molecule has 1 atom stereocenters. The van der Waals surface area contributed by atoms with Crippen molar-refractivity contribution in [3.63, 3.8) is 0 Å². The van der Waals surface area contributed by atoms with Gasteiger partial charge in [-0.05, 0) is 25.2 Å². The number of nitrogens with two attached hydrogens (primary N) is 1. The number of hydrogen-bond donors (Lipinski definition) is 1. The highest BCUT2D eigenvalue weighted by Crippen LogP contribution is 2.41. The third kappa shape index (κ3) is 1.45. The summed E-state index contributed by atoms with van der Waals surface area (Å²) >= 11 is 0. The lowest BCUT2D eigenvalue weighted by Gasteiger charge is -2.16. The Morgan fingerprint density at radius 3 is 2.44 bits per heavy atom. The fourth-order valence-corrected chi connectivity index (χ4v) is 1.36. The van der Waals surface area contributed by atoms with Gasteiger partial charge in [0.1, 0.15) is 0 Å². The van der Waals surface area contributed by atoms with Crippen LogP contribution in [0.5, 0.6) is 0 Å². The first-order valence-corrected chi connectivity index (χ1v) is 3.98. The lowest BCUT2D eigenvalue weighted by atomic mass is 9.96. The third-order valence-electron chi connectivity index (χ3n) is 2.53. The Labute approximate surface area is 57.6 Å². The van der Waals surface area contributed by atoms with Gasteiger partial charge in [0.05, 0.1) is 0 Å². The SMILES string of the molecule is CCCC(C)C1(N)CC1. The monoisotopic (exact) mass is 127 g/mol. The Bertz CT molecular complexity index is 94.7. The summed E-state index contributed by atoms with van der Waals surface area (Å²) in [6, 6.07) is 0. The van der Waals surface area contributed by atoms with Crippen molar-refractivity contribution in [1.82, 2.24) is 0 Å². The minimum absolute atomic E-state index is 0.260. The largest absolute Gasteiger partial charge is 0.325 e. The first kappa shape index (κ1) is 7.07. The molecule has 0 aromatic heterocycles. The maximum absolute atomic E-state index is 5.98. The van der Waals surface area contributed by atoms with Crippen molar-refractivity contribution in [3.8, 4) is 0 Å². The first-order chi connectivity index (χ1) is 4.19. The van der Waals surface area contributed by atoms with Crippen molar-refractivity contribution < 1.29 is 0 Å². The van der Waals surface area contributed by atoms with E-state index in [2.05, 4.69) is 13.8 Å². The maximum atomic E-state index is 5.98. The van der Waals surface area contributed by atoms with Crippen LogP contribution in [0, 0.1) is 5.92 Å². The highest BCUT2D eigenvalue weighted by Gasteiger charge is 2.42. The summed E-state index contributed by atoms with van der Waals surface area (Å²) < 4.78 is 0. The van der Waals surface area contributed by atoms with Crippen molar-refractivity contribution in [2.45, 2.75) is 45.1 Å². The summed E-state index contributed by atoms with van der Waals surface area (Å²) in [5, 5.41) is 0. The minimum Gasteiger partial charge on any atom is -0.325 e. The molecule has 1 unspecified atom stereocenters. The summed E-state index contributed by atoms with van der Waals surface area (Å²) in [5.74, 6) is 0.752. The molecule has 0 bridgehead atoms. The molecule has 9 heavy (non-hydrogen) atoms. The van der Waals surface area contributed by atoms with Crippen molar-refractivity contribution in [2.75, 3.05) is 0 Å². The molecule has 1 heteroatoms. The third-order valence-corrected chi connectivity index (χ3v) is 2.53. The van der Waals surface area contributed by atoms with Crippen LogP contribution in [0.2, 0.25) is 0 Å². The van der Waals surface area contributed by atoms with Crippen molar-refractivity contribution >= 4 is 0 Å². The van der Waals surface area contributed by atoms with E-state index in [4.69, 9.17) is 5.73 Å². The van der Waals surface area contributed by atoms with E-state index in [0.29, 0.717) is 0 Å². The summed E-state index contributed by atoms with van der Waals surface area (Å²) in [4.78, 5) is 0. The molecule has 1 rings (SSSR count). The van der Waals surface area contributed by atoms with Crippen LogP contribution < -0.4 is 5.73 Å². The molecule has 0 radical (unpaired) electrons. The van der Waals surface area contributed by atoms with Crippen LogP contribution in [0.25, 0.3) is 0 Å². The predicted octanol–water partition coefficient (Wildman–Crippen LogP) is 1.91. The topological polar surface area (TPSA) is 26.0 Å². The molecule has 1 aliphatic rings. The second kappa shape index (κ2) is 2.30. The zero-order chi connectivity index (χ0) is 6.91. The Balaban J connectivity index is 2.24. The van der Waals surface area contributed by atoms with Crippen LogP contribution in [-0.4, -0.2) is 5.54 Å². The lowest BCUT2D eigenvalue weighted by molar-refractivity contribution is 0.406. The molecule has 1 nitrogen and oxygen atoms in total. The predicted molar refractivity (Wildman–Crippen MR) is 40.2 cm³/mol. The Morgan fingerprint density at radius 2 is 2.11 bits per heavy atom. The smallest absolute Gasteiger partial charge is 0.0181 e. The summed E-state index contributed by atoms with van der Waals surface area (Å²) in [6.45, 7) is 4.50. The van der Waals surface area contributed by atoms with Crippen LogP contribution in [0.4, 0.5) is 0 Å². The molecular weight excluding hydrogens is 110 g/mol. The van der Waals surface area contributed by atoms with Crippen molar-refractivity contribution in [2.24, 2.45) is 11.7 Å². The Kier molecular flexibility index (Phi) is 1.80. The van der Waals surface area contributed by atoms with Crippen LogP contribution in [0.3, 0.4) is 0 Å². The quantitative estimate of drug-likeness (QED) is 0.615. The van der Waals surface area contributed by atoms with Gasteiger partial charge in [-0.25, -0.2) is 0 Å². The Hall–Kier alpha value is -0.0400. The Morgan fingerprint density at radius 1 is 1.56 bits per heavy atom. The highest BCUT2D eigenvalue weighted by molar-refractivity contribution is 5.01. The molecule has 0 saturated heterocycles. The van der Waals surface area contributed by atoms with E-state index in [1.165, 1.54) is 25.7 Å². The molecule has 54 valence electrons. The van der Waals surface area contributed by atoms with E-state index in [9.17, 15) is 0 Å². The van der Waals surface area contributed by atoms with E-state index < -0.39 is 0 Å². The zero-order valence-corrected chi connectivity index (χ0v) is 6.48. The van der Waals surface area contributed by atoms with Crippen LogP contribution in [0.15, 0.2) is 0 Å². The molecular formula is C8H17N. The molecule has 1 aliphatic carbocycles. The molecule has 1 saturated carbocycles. The summed E-state index contributed by atoms with van der Waals surface area (Å²) in [6.07, 6.45) is 5.10. The van der Waals surface area contributed by atoms with Gasteiger partial charge >= 0.3 is 0 Å². The molecule has 2 N–H and O–H groups in total. The van der Waals surface area contributed by atoms with Crippen LogP contribution >= 0.6 is 0 Å². The van der Waals surface area contributed by atoms with E-state index in [1.807, 2.05) is 0 Å². The second-order valence-electron chi connectivity index (χ2n) is 3.42. The van der Waals surface area contributed by atoms with Gasteiger partial charge in [0.2, 0.25) is 0 Å². The molecule has 1 fully saturated rings. The van der Waals surface area contributed by atoms with Gasteiger partial charge in [0, 0.05) is 5.54 Å². The van der Waals surface area contributed by atoms with E-state index >= 15 is 0 Å². The molecule has 0 amide bonds. The molecule has 0 spiro atoms. The lowest BCUT2D eigenvalue weighted by Crippen LogP contribution is -2.30. The summed E-state index contributed by atoms with van der Waals surface area (Å²) in [7, 11) is 0. The van der Waals surface area contributed by atoms with E-state index in [0.717, 1.165) is 5.92 Å². The average molecular weight is 127 g/mol. The highest BCUT2D eigenvalue weighted by atomic mass is 14.8. The van der Waals surface area contributed by atoms with Gasteiger partial charge in [0.15, 0.2) is 0 Å². The van der Waals surface area contributed by atoms with Crippen LogP contribution in [-0.2, 0) is 0 Å². The van der Waals surface area contributed by atoms with Gasteiger partial charge in [-0.3, -0.25) is 0 Å². The molecule has 0 aromatic rings. The van der Waals surface area contributed by atoms with Gasteiger partial charge in [-0.1, -0.05) is 20.3 Å². The normalized spacial score (nSPS) is 25.7. The zero-order valence-electron chi connectivity index (χ0n) is 6.48. The van der Waals surface area contributed by atoms with Gasteiger partial charge < -0.3 is 5.73 Å². The van der Waals surface area contributed by atoms with Gasteiger partial charge in [-0.15, -0.1) is 0 Å². The fourth-order valence-electron chi connectivity index (χ4n) is 1.36. The van der Waals surface area contributed by atoms with Crippen molar-refractivity contribution in [1.29, 1.82) is 0 Å². The molecule has 0 aliphatic heterocycles. The van der Waals surface area contributed by atoms with E-state index in [1.54, 1.807) is 0 Å². The number of hydrogen-bond acceptors (Lipinski definition) is 1. The standard InChI is InChI=1S/C8H17N/c1-3-4-7(2)8(9)5-6-8/h7H,3-6,9H2,1-2H3. The fraction of sp³-hybridized carbons (Fsp3) is 1.00. The number of rotatable bonds is 3. The summed E-state index contributed by atoms with van der Waals surface area (Å²) in [5.41, 5.74) is 6.24. The molecule has 0 heterocycles. The first-order valence-electron chi connectivity index (χ1n) is 3.98. The maximum Gasteiger partial charge on any atom is 0.0181 e. The molecule has 0 aromatic carbocycles. The van der Waals surface area contributed by atoms with Gasteiger partial charge in [-0.2, -0.15) is 0 Å². The minimum atomic E-state index is 0.260. The van der Waals surface area contributed by atoms with Crippen LogP contribution in [0.1, 0.15) is 39.5 Å². The van der Waals surface area contributed by atoms with Gasteiger partial charge in [0.25, 0.3) is 0 Å². The second-order valence-corrected chi connectivity index (χ2v) is 3.42. The van der Waals surface area contributed by atoms with Crippen molar-refractivity contribution in [3.05, 3.63) is 0 Å².